The molecule has 3 aromatic carbocycles. The third kappa shape index (κ3) is 6.01. The van der Waals surface area contributed by atoms with Crippen LogP contribution in [0, 0.1) is 6.92 Å². The number of nitrogens with zero attached hydrogens (tertiary/aromatic N) is 3. The molecule has 0 unspecified atom stereocenters. The monoisotopic (exact) mass is 570 g/mol. The first-order valence-corrected chi connectivity index (χ1v) is 14.6. The largest absolute Gasteiger partial charge is 0.496 e. The molecule has 1 aromatic heterocycles. The number of benzene rings is 3. The number of rotatable bonds is 10. The zero-order valence-electron chi connectivity index (χ0n) is 23.5. The molecule has 5 rings (SSSR count). The van der Waals surface area contributed by atoms with Gasteiger partial charge in [-0.05, 0) is 31.0 Å². The fourth-order valence-electron chi connectivity index (χ4n) is 5.07. The highest BCUT2D eigenvalue weighted by Crippen LogP contribution is 2.50. The van der Waals surface area contributed by atoms with Crippen LogP contribution in [0.5, 0.6) is 5.75 Å². The van der Waals surface area contributed by atoms with E-state index < -0.39 is 0 Å². The van der Waals surface area contributed by atoms with Gasteiger partial charge in [-0.2, -0.15) is 5.10 Å². The lowest BCUT2D eigenvalue weighted by atomic mass is 9.99. The summed E-state index contributed by atoms with van der Waals surface area (Å²) in [6, 6.07) is 25.8. The van der Waals surface area contributed by atoms with Crippen LogP contribution in [0.25, 0.3) is 16.9 Å². The standard InChI is InChI=1S/C32H34N4O4S/c1-22-12-7-9-16-25(22)36-32-29(30(34-36)23-13-5-4-6-14-23)31(24-15-8-10-17-26(24)40-3)41-21-28(38)35(32)20-27(37)33-18-11-19-39-2/h4-10,12-17,31H,11,18-21H2,1-3H3,(H,33,37)/t31-/m0/s1. The zero-order valence-corrected chi connectivity index (χ0v) is 24.3. The predicted molar refractivity (Wildman–Crippen MR) is 163 cm³/mol. The van der Waals surface area contributed by atoms with Crippen molar-refractivity contribution >= 4 is 29.4 Å². The number of carbonyl (C=O) groups excluding carboxylic acids is 2. The number of ether oxygens (including phenoxy) is 2. The number of hydrogen-bond acceptors (Lipinski definition) is 6. The molecular formula is C32H34N4O4S. The molecular weight excluding hydrogens is 536 g/mol. The Morgan fingerprint density at radius 2 is 1.76 bits per heavy atom. The zero-order chi connectivity index (χ0) is 28.8. The maximum absolute atomic E-state index is 13.9. The van der Waals surface area contributed by atoms with Gasteiger partial charge in [0, 0.05) is 37.0 Å². The van der Waals surface area contributed by atoms with Crippen LogP contribution in [0.1, 0.15) is 28.4 Å². The van der Waals surface area contributed by atoms with Gasteiger partial charge in [0.25, 0.3) is 0 Å². The maximum atomic E-state index is 13.9. The molecule has 0 fully saturated rings. The molecule has 0 saturated carbocycles. The second-order valence-electron chi connectivity index (χ2n) is 9.76. The first-order valence-electron chi connectivity index (χ1n) is 13.6. The molecule has 2 heterocycles. The number of hydrogen-bond donors (Lipinski definition) is 1. The fourth-order valence-corrected chi connectivity index (χ4v) is 6.29. The number of carbonyl (C=O) groups is 2. The number of fused-ring (bicyclic) bond motifs is 1. The summed E-state index contributed by atoms with van der Waals surface area (Å²) in [7, 11) is 3.29. The molecule has 0 spiro atoms. The SMILES string of the molecule is COCCCNC(=O)CN1C(=O)CS[C@@H](c2ccccc2OC)c2c(-c3ccccc3)nn(-c3ccccc3C)c21. The van der Waals surface area contributed by atoms with E-state index in [2.05, 4.69) is 5.32 Å². The van der Waals surface area contributed by atoms with Crippen molar-refractivity contribution in [3.05, 3.63) is 95.6 Å². The van der Waals surface area contributed by atoms with Gasteiger partial charge < -0.3 is 14.8 Å². The number of amides is 2. The van der Waals surface area contributed by atoms with Crippen LogP contribution < -0.4 is 15.0 Å². The van der Waals surface area contributed by atoms with Gasteiger partial charge in [0.15, 0.2) is 0 Å². The number of anilines is 1. The minimum absolute atomic E-state index is 0.121. The van der Waals surface area contributed by atoms with Crippen LogP contribution in [0.3, 0.4) is 0 Å². The Kier molecular flexibility index (Phi) is 9.06. The predicted octanol–water partition coefficient (Wildman–Crippen LogP) is 5.18. The number of aryl methyl sites for hydroxylation is 1. The number of methoxy groups -OCH3 is 2. The molecule has 0 saturated heterocycles. The van der Waals surface area contributed by atoms with E-state index in [1.165, 1.54) is 11.8 Å². The number of aromatic nitrogens is 2. The Morgan fingerprint density at radius 3 is 2.51 bits per heavy atom. The summed E-state index contributed by atoms with van der Waals surface area (Å²) in [5.41, 5.74) is 5.34. The van der Waals surface area contributed by atoms with E-state index >= 15 is 0 Å². The van der Waals surface area contributed by atoms with Crippen molar-refractivity contribution < 1.29 is 19.1 Å². The Labute approximate surface area is 244 Å². The van der Waals surface area contributed by atoms with E-state index in [4.69, 9.17) is 14.6 Å². The summed E-state index contributed by atoms with van der Waals surface area (Å²) in [4.78, 5) is 28.6. The van der Waals surface area contributed by atoms with Gasteiger partial charge in [0.2, 0.25) is 11.8 Å². The molecule has 0 bridgehead atoms. The van der Waals surface area contributed by atoms with E-state index in [0.29, 0.717) is 25.4 Å². The van der Waals surface area contributed by atoms with Gasteiger partial charge in [0.05, 0.1) is 29.5 Å². The Hall–Kier alpha value is -4.08. The topological polar surface area (TPSA) is 85.7 Å². The highest BCUT2D eigenvalue weighted by Gasteiger charge is 2.38. The van der Waals surface area contributed by atoms with Crippen LogP contribution in [-0.2, 0) is 14.3 Å². The highest BCUT2D eigenvalue weighted by atomic mass is 32.2. The Balaban J connectivity index is 1.74. The van der Waals surface area contributed by atoms with Crippen molar-refractivity contribution in [2.75, 3.05) is 44.6 Å². The smallest absolute Gasteiger partial charge is 0.240 e. The minimum Gasteiger partial charge on any atom is -0.496 e. The first-order chi connectivity index (χ1) is 20.0. The van der Waals surface area contributed by atoms with Crippen molar-refractivity contribution in [1.82, 2.24) is 15.1 Å². The third-order valence-corrected chi connectivity index (χ3v) is 8.29. The lowest BCUT2D eigenvalue weighted by molar-refractivity contribution is -0.122. The van der Waals surface area contributed by atoms with Crippen molar-refractivity contribution in [3.63, 3.8) is 0 Å². The van der Waals surface area contributed by atoms with Crippen LogP contribution in [0.4, 0.5) is 5.82 Å². The molecule has 0 radical (unpaired) electrons. The molecule has 1 N–H and O–H groups in total. The molecule has 212 valence electrons. The minimum atomic E-state index is -0.271. The molecule has 1 aliphatic rings. The summed E-state index contributed by atoms with van der Waals surface area (Å²) < 4.78 is 12.7. The summed E-state index contributed by atoms with van der Waals surface area (Å²) in [5.74, 6) is 1.12. The second kappa shape index (κ2) is 13.1. The van der Waals surface area contributed by atoms with Crippen molar-refractivity contribution in [2.24, 2.45) is 0 Å². The third-order valence-electron chi connectivity index (χ3n) is 7.05. The number of nitrogens with one attached hydrogen (secondary N) is 1. The summed E-state index contributed by atoms with van der Waals surface area (Å²) in [5, 5.41) is 7.83. The van der Waals surface area contributed by atoms with Gasteiger partial charge in [-0.3, -0.25) is 14.5 Å². The quantitative estimate of drug-likeness (QED) is 0.265. The van der Waals surface area contributed by atoms with E-state index in [9.17, 15) is 9.59 Å². The maximum Gasteiger partial charge on any atom is 0.240 e. The van der Waals surface area contributed by atoms with E-state index in [-0.39, 0.29) is 29.4 Å². The summed E-state index contributed by atoms with van der Waals surface area (Å²) in [6.45, 7) is 2.91. The first kappa shape index (κ1) is 28.4. The normalized spacial score (nSPS) is 14.9. The lowest BCUT2D eigenvalue weighted by Gasteiger charge is -2.24. The number of para-hydroxylation sites is 2. The van der Waals surface area contributed by atoms with Crippen molar-refractivity contribution in [3.8, 4) is 22.7 Å². The molecule has 8 nitrogen and oxygen atoms in total. The van der Waals surface area contributed by atoms with E-state index in [1.54, 1.807) is 19.1 Å². The van der Waals surface area contributed by atoms with Crippen LogP contribution in [-0.4, -0.2) is 61.3 Å². The van der Waals surface area contributed by atoms with Crippen LogP contribution in [0.15, 0.2) is 78.9 Å². The van der Waals surface area contributed by atoms with Crippen LogP contribution >= 0.6 is 11.8 Å². The Bertz CT molecular complexity index is 1520. The van der Waals surface area contributed by atoms with Crippen LogP contribution in [0.2, 0.25) is 0 Å². The molecule has 41 heavy (non-hydrogen) atoms. The average Bonchev–Trinajstić information content (AvgIpc) is 3.32. The van der Waals surface area contributed by atoms with Gasteiger partial charge >= 0.3 is 0 Å². The highest BCUT2D eigenvalue weighted by molar-refractivity contribution is 8.00. The molecule has 9 heteroatoms. The van der Waals surface area contributed by atoms with Gasteiger partial charge in [0.1, 0.15) is 18.1 Å². The molecule has 1 atom stereocenters. The van der Waals surface area contributed by atoms with Gasteiger partial charge in [-0.25, -0.2) is 4.68 Å². The average molecular weight is 571 g/mol. The van der Waals surface area contributed by atoms with Crippen molar-refractivity contribution in [2.45, 2.75) is 18.6 Å². The summed E-state index contributed by atoms with van der Waals surface area (Å²) in [6.07, 6.45) is 0.687. The lowest BCUT2D eigenvalue weighted by Crippen LogP contribution is -2.42. The van der Waals surface area contributed by atoms with Gasteiger partial charge in [-0.15, -0.1) is 11.8 Å². The van der Waals surface area contributed by atoms with Gasteiger partial charge in [-0.1, -0.05) is 66.7 Å². The van der Waals surface area contributed by atoms with E-state index in [0.717, 1.165) is 39.4 Å². The molecule has 0 aliphatic carbocycles. The molecule has 4 aromatic rings. The van der Waals surface area contributed by atoms with Crippen molar-refractivity contribution in [1.29, 1.82) is 0 Å². The molecule has 1 aliphatic heterocycles. The Morgan fingerprint density at radius 1 is 1.02 bits per heavy atom. The second-order valence-corrected chi connectivity index (χ2v) is 10.9. The fraction of sp³-hybridized carbons (Fsp3) is 0.281. The van der Waals surface area contributed by atoms with E-state index in [1.807, 2.05) is 90.5 Å². The number of thioether (sulfide) groups is 1. The molecule has 2 amide bonds. The summed E-state index contributed by atoms with van der Waals surface area (Å²) >= 11 is 1.52.